The second kappa shape index (κ2) is 10.8. The molecule has 1 aliphatic heterocycles. The van der Waals surface area contributed by atoms with Crippen LogP contribution in [0.3, 0.4) is 0 Å². The van der Waals surface area contributed by atoms with Crippen molar-refractivity contribution in [3.8, 4) is 0 Å². The zero-order valence-electron chi connectivity index (χ0n) is 20.3. The zero-order chi connectivity index (χ0) is 24.9. The number of carboxylic acids is 1. The number of carboxylic acid groups (broad SMARTS) is 1. The third-order valence-electron chi connectivity index (χ3n) is 6.99. The Morgan fingerprint density at radius 2 is 1.51 bits per heavy atom. The van der Waals surface area contributed by atoms with Crippen LogP contribution in [0.4, 0.5) is 11.4 Å². The lowest BCUT2D eigenvalue weighted by molar-refractivity contribution is -0.146. The van der Waals surface area contributed by atoms with E-state index in [0.29, 0.717) is 43.1 Å². The summed E-state index contributed by atoms with van der Waals surface area (Å²) < 4.78 is 0. The van der Waals surface area contributed by atoms with Crippen molar-refractivity contribution in [3.63, 3.8) is 0 Å². The normalized spacial score (nSPS) is 20.1. The summed E-state index contributed by atoms with van der Waals surface area (Å²) in [4.78, 5) is 42.0. The Morgan fingerprint density at radius 3 is 2.14 bits per heavy atom. The van der Waals surface area contributed by atoms with Crippen molar-refractivity contribution in [1.82, 2.24) is 4.90 Å². The highest BCUT2D eigenvalue weighted by Crippen LogP contribution is 2.28. The van der Waals surface area contributed by atoms with Crippen LogP contribution in [0.5, 0.6) is 0 Å². The van der Waals surface area contributed by atoms with E-state index in [4.69, 9.17) is 0 Å². The van der Waals surface area contributed by atoms with E-state index in [1.165, 1.54) is 5.56 Å². The Hall–Kier alpha value is -3.61. The number of amides is 2. The Kier molecular flexibility index (Phi) is 7.54. The fourth-order valence-electron chi connectivity index (χ4n) is 4.79. The molecule has 0 bridgehead atoms. The molecule has 2 atom stereocenters. The van der Waals surface area contributed by atoms with E-state index in [2.05, 4.69) is 48.3 Å². The Bertz CT molecular complexity index is 1100. The first-order valence-electron chi connectivity index (χ1n) is 12.3. The Balaban J connectivity index is 1.41. The summed E-state index contributed by atoms with van der Waals surface area (Å²) >= 11 is 0. The van der Waals surface area contributed by atoms with Gasteiger partial charge in [0.1, 0.15) is 0 Å². The summed E-state index contributed by atoms with van der Waals surface area (Å²) in [5.74, 6) is -2.40. The summed E-state index contributed by atoms with van der Waals surface area (Å²) in [5, 5.41) is 12.3. The van der Waals surface area contributed by atoms with Crippen molar-refractivity contribution < 1.29 is 19.5 Å². The third-order valence-corrected chi connectivity index (χ3v) is 6.99. The molecular formula is C28H33N3O4. The van der Waals surface area contributed by atoms with E-state index in [-0.39, 0.29) is 11.8 Å². The number of nitrogens with one attached hydrogen (secondary N) is 1. The van der Waals surface area contributed by atoms with Gasteiger partial charge in [0.15, 0.2) is 0 Å². The van der Waals surface area contributed by atoms with Crippen molar-refractivity contribution in [2.75, 3.05) is 36.4 Å². The fourth-order valence-corrected chi connectivity index (χ4v) is 4.79. The van der Waals surface area contributed by atoms with Crippen molar-refractivity contribution in [1.29, 1.82) is 0 Å². The number of nitrogens with zero attached hydrogens (tertiary/aromatic N) is 2. The van der Waals surface area contributed by atoms with Gasteiger partial charge in [0.25, 0.3) is 5.91 Å². The summed E-state index contributed by atoms with van der Waals surface area (Å²) in [7, 11) is 0. The molecule has 1 saturated heterocycles. The maximum Gasteiger partial charge on any atom is 0.307 e. The van der Waals surface area contributed by atoms with Crippen LogP contribution in [0.25, 0.3) is 0 Å². The molecule has 4 rings (SSSR count). The molecule has 0 radical (unpaired) electrons. The number of hydrogen-bond donors (Lipinski definition) is 2. The van der Waals surface area contributed by atoms with Crippen molar-refractivity contribution in [2.45, 2.75) is 32.6 Å². The molecule has 35 heavy (non-hydrogen) atoms. The smallest absolute Gasteiger partial charge is 0.307 e. The Labute approximate surface area is 206 Å². The van der Waals surface area contributed by atoms with Gasteiger partial charge in [-0.05, 0) is 48.6 Å². The van der Waals surface area contributed by atoms with Gasteiger partial charge in [0, 0.05) is 31.9 Å². The van der Waals surface area contributed by atoms with E-state index in [1.54, 1.807) is 30.3 Å². The minimum Gasteiger partial charge on any atom is -0.481 e. The summed E-state index contributed by atoms with van der Waals surface area (Å²) in [5.41, 5.74) is 3.31. The van der Waals surface area contributed by atoms with Gasteiger partial charge in [-0.15, -0.1) is 0 Å². The maximum atomic E-state index is 13.4. The van der Waals surface area contributed by atoms with E-state index in [0.717, 1.165) is 18.8 Å². The average molecular weight is 476 g/mol. The number of carbonyl (C=O) groups excluding carboxylic acids is 2. The molecule has 0 spiro atoms. The third kappa shape index (κ3) is 5.56. The Morgan fingerprint density at radius 1 is 0.886 bits per heavy atom. The van der Waals surface area contributed by atoms with Crippen LogP contribution >= 0.6 is 0 Å². The molecular weight excluding hydrogens is 442 g/mol. The standard InChI is InChI=1S/C28H33N3O4/c1-19(2)20-11-13-21(14-12-20)30-15-17-31(18-16-30)27(33)24-9-5-6-10-25(24)29-26(32)22-7-3-4-8-23(22)28(34)35/h3-6,9-14,19,22-23H,7-8,15-18H2,1-2H3,(H,29,32)(H,34,35)/t22-,23+/m1/s1. The van der Waals surface area contributed by atoms with Gasteiger partial charge >= 0.3 is 5.97 Å². The van der Waals surface area contributed by atoms with Crippen molar-refractivity contribution in [3.05, 3.63) is 71.8 Å². The van der Waals surface area contributed by atoms with Crippen molar-refractivity contribution >= 4 is 29.2 Å². The zero-order valence-corrected chi connectivity index (χ0v) is 20.3. The number of benzene rings is 2. The molecule has 2 aromatic carbocycles. The van der Waals surface area contributed by atoms with Gasteiger partial charge < -0.3 is 20.2 Å². The quantitative estimate of drug-likeness (QED) is 0.606. The molecule has 1 aliphatic carbocycles. The van der Waals surface area contributed by atoms with E-state index in [9.17, 15) is 19.5 Å². The van der Waals surface area contributed by atoms with Crippen LogP contribution in [0.1, 0.15) is 48.5 Å². The summed E-state index contributed by atoms with van der Waals surface area (Å²) in [6, 6.07) is 15.6. The van der Waals surface area contributed by atoms with Crippen LogP contribution in [0.15, 0.2) is 60.7 Å². The lowest BCUT2D eigenvalue weighted by Crippen LogP contribution is -2.49. The summed E-state index contributed by atoms with van der Waals surface area (Å²) in [6.07, 6.45) is 4.35. The predicted octanol–water partition coefficient (Wildman–Crippen LogP) is 4.38. The van der Waals surface area contributed by atoms with Gasteiger partial charge in [0.05, 0.1) is 23.1 Å². The summed E-state index contributed by atoms with van der Waals surface area (Å²) in [6.45, 7) is 6.99. The second-order valence-electron chi connectivity index (χ2n) is 9.55. The number of carbonyl (C=O) groups is 3. The van der Waals surface area contributed by atoms with Crippen molar-refractivity contribution in [2.24, 2.45) is 11.8 Å². The molecule has 0 aromatic heterocycles. The highest BCUT2D eigenvalue weighted by Gasteiger charge is 2.34. The minimum absolute atomic E-state index is 0.131. The van der Waals surface area contributed by atoms with Gasteiger partial charge in [-0.25, -0.2) is 0 Å². The molecule has 2 aliphatic rings. The van der Waals surface area contributed by atoms with E-state index >= 15 is 0 Å². The van der Waals surface area contributed by atoms with Crippen LogP contribution in [-0.4, -0.2) is 54.0 Å². The molecule has 1 heterocycles. The highest BCUT2D eigenvalue weighted by atomic mass is 16.4. The van der Waals surface area contributed by atoms with E-state index in [1.807, 2.05) is 11.0 Å². The fraction of sp³-hybridized carbons (Fsp3) is 0.393. The topological polar surface area (TPSA) is 90.0 Å². The van der Waals surface area contributed by atoms with Gasteiger partial charge in [-0.3, -0.25) is 14.4 Å². The predicted molar refractivity (Wildman–Crippen MR) is 137 cm³/mol. The molecule has 1 fully saturated rings. The first kappa shape index (κ1) is 24.5. The van der Waals surface area contributed by atoms with E-state index < -0.39 is 17.8 Å². The van der Waals surface area contributed by atoms with Gasteiger partial charge in [-0.2, -0.15) is 0 Å². The minimum atomic E-state index is -0.976. The highest BCUT2D eigenvalue weighted by molar-refractivity contribution is 6.04. The largest absolute Gasteiger partial charge is 0.481 e. The number of hydrogen-bond acceptors (Lipinski definition) is 4. The lowest BCUT2D eigenvalue weighted by Gasteiger charge is -2.36. The number of rotatable bonds is 6. The number of anilines is 2. The van der Waals surface area contributed by atoms with Crippen LogP contribution in [0.2, 0.25) is 0 Å². The van der Waals surface area contributed by atoms with Crippen LogP contribution < -0.4 is 10.2 Å². The molecule has 7 nitrogen and oxygen atoms in total. The second-order valence-corrected chi connectivity index (χ2v) is 9.55. The first-order chi connectivity index (χ1) is 16.8. The maximum absolute atomic E-state index is 13.4. The molecule has 2 aromatic rings. The SMILES string of the molecule is CC(C)c1ccc(N2CCN(C(=O)c3ccccc3NC(=O)[C@@H]3CC=CC[C@@H]3C(=O)O)CC2)cc1. The molecule has 7 heteroatoms. The number of aliphatic carboxylic acids is 1. The molecule has 2 amide bonds. The first-order valence-corrected chi connectivity index (χ1v) is 12.3. The molecule has 0 saturated carbocycles. The monoisotopic (exact) mass is 475 g/mol. The average Bonchev–Trinajstić information content (AvgIpc) is 2.88. The van der Waals surface area contributed by atoms with Gasteiger partial charge in [0.2, 0.25) is 5.91 Å². The molecule has 184 valence electrons. The lowest BCUT2D eigenvalue weighted by atomic mass is 9.82. The van der Waals surface area contributed by atoms with Gasteiger partial charge in [-0.1, -0.05) is 50.3 Å². The number of para-hydroxylation sites is 1. The molecule has 0 unspecified atom stereocenters. The number of piperazine rings is 1. The van der Waals surface area contributed by atoms with Crippen LogP contribution in [-0.2, 0) is 9.59 Å². The number of allylic oxidation sites excluding steroid dienone is 2. The molecule has 2 N–H and O–H groups in total. The van der Waals surface area contributed by atoms with Crippen LogP contribution in [0, 0.1) is 11.8 Å².